The summed E-state index contributed by atoms with van der Waals surface area (Å²) < 4.78 is 2.03. The number of nitrogens with zero attached hydrogens (tertiary/aromatic N) is 1. The Kier molecular flexibility index (Phi) is 2.09. The fourth-order valence-corrected chi connectivity index (χ4v) is 0.925. The molecule has 10 heavy (non-hydrogen) atoms. The van der Waals surface area contributed by atoms with Crippen LogP contribution in [0.3, 0.4) is 0 Å². The maximum Gasteiger partial charge on any atom is 0.0611 e. The zero-order chi connectivity index (χ0) is 7.56. The number of rotatable bonds is 2. The van der Waals surface area contributed by atoms with Crippen LogP contribution in [0.4, 0.5) is 0 Å². The smallest absolute Gasteiger partial charge is 0.0611 e. The average Bonchev–Trinajstić information content (AvgIpc) is 2.20. The summed E-state index contributed by atoms with van der Waals surface area (Å²) in [6.45, 7) is 2.53. The SMILES string of the molecule is Cc1ccc(CNO)n1C. The molecule has 1 heterocycles. The maximum absolute atomic E-state index is 8.39. The van der Waals surface area contributed by atoms with Crippen LogP contribution in [0, 0.1) is 6.92 Å². The van der Waals surface area contributed by atoms with Crippen LogP contribution in [-0.4, -0.2) is 9.77 Å². The van der Waals surface area contributed by atoms with Gasteiger partial charge in [-0.1, -0.05) is 0 Å². The molecule has 0 spiro atoms. The van der Waals surface area contributed by atoms with Gasteiger partial charge in [0.25, 0.3) is 0 Å². The van der Waals surface area contributed by atoms with E-state index in [4.69, 9.17) is 5.21 Å². The number of nitrogens with one attached hydrogen (secondary N) is 1. The van der Waals surface area contributed by atoms with Gasteiger partial charge in [0.1, 0.15) is 0 Å². The molecule has 0 aliphatic heterocycles. The molecule has 2 N–H and O–H groups in total. The summed E-state index contributed by atoms with van der Waals surface area (Å²) in [6.07, 6.45) is 0. The van der Waals surface area contributed by atoms with Crippen LogP contribution in [0.1, 0.15) is 11.4 Å². The summed E-state index contributed by atoms with van der Waals surface area (Å²) in [6, 6.07) is 4.01. The second kappa shape index (κ2) is 2.86. The Hall–Kier alpha value is -0.800. The van der Waals surface area contributed by atoms with Gasteiger partial charge < -0.3 is 9.77 Å². The van der Waals surface area contributed by atoms with Crippen molar-refractivity contribution in [3.63, 3.8) is 0 Å². The summed E-state index contributed by atoms with van der Waals surface area (Å²) in [5.41, 5.74) is 4.40. The first-order chi connectivity index (χ1) is 4.75. The molecule has 3 nitrogen and oxygen atoms in total. The average molecular weight is 140 g/mol. The molecule has 0 aliphatic rings. The van der Waals surface area contributed by atoms with Crippen LogP contribution < -0.4 is 5.48 Å². The van der Waals surface area contributed by atoms with E-state index in [-0.39, 0.29) is 0 Å². The molecule has 0 bridgehead atoms. The van der Waals surface area contributed by atoms with Crippen LogP contribution in [0.5, 0.6) is 0 Å². The molecule has 0 saturated carbocycles. The third-order valence-corrected chi connectivity index (χ3v) is 1.74. The zero-order valence-corrected chi connectivity index (χ0v) is 6.26. The molecule has 56 valence electrons. The fraction of sp³-hybridized carbons (Fsp3) is 0.429. The molecule has 0 aliphatic carbocycles. The highest BCUT2D eigenvalue weighted by atomic mass is 16.5. The molecular weight excluding hydrogens is 128 g/mol. The fourth-order valence-electron chi connectivity index (χ4n) is 0.925. The topological polar surface area (TPSA) is 37.2 Å². The van der Waals surface area contributed by atoms with Gasteiger partial charge in [-0.2, -0.15) is 5.48 Å². The third-order valence-electron chi connectivity index (χ3n) is 1.74. The molecule has 0 atom stereocenters. The van der Waals surface area contributed by atoms with Crippen molar-refractivity contribution >= 4 is 0 Å². The molecular formula is C7H12N2O. The normalized spacial score (nSPS) is 10.3. The minimum Gasteiger partial charge on any atom is -0.351 e. The monoisotopic (exact) mass is 140 g/mol. The van der Waals surface area contributed by atoms with E-state index in [1.165, 1.54) is 5.69 Å². The lowest BCUT2D eigenvalue weighted by molar-refractivity contribution is 0.159. The standard InChI is InChI=1S/C7H12N2O/c1-6-3-4-7(5-8-10)9(6)2/h3-4,8,10H,5H2,1-2H3. The summed E-state index contributed by atoms with van der Waals surface area (Å²) in [5, 5.41) is 8.39. The number of aryl methyl sites for hydroxylation is 1. The first-order valence-corrected chi connectivity index (χ1v) is 3.24. The van der Waals surface area contributed by atoms with Gasteiger partial charge in [0, 0.05) is 18.4 Å². The Morgan fingerprint density at radius 3 is 2.70 bits per heavy atom. The molecule has 1 aromatic heterocycles. The number of hydroxylamine groups is 1. The lowest BCUT2D eigenvalue weighted by Gasteiger charge is -2.02. The minimum absolute atomic E-state index is 0.504. The van der Waals surface area contributed by atoms with Crippen molar-refractivity contribution in [1.82, 2.24) is 10.0 Å². The highest BCUT2D eigenvalue weighted by molar-refractivity contribution is 5.13. The van der Waals surface area contributed by atoms with Crippen molar-refractivity contribution in [2.45, 2.75) is 13.5 Å². The molecule has 1 rings (SSSR count). The second-order valence-corrected chi connectivity index (χ2v) is 2.36. The van der Waals surface area contributed by atoms with Crippen LogP contribution >= 0.6 is 0 Å². The van der Waals surface area contributed by atoms with Crippen molar-refractivity contribution in [3.05, 3.63) is 23.5 Å². The van der Waals surface area contributed by atoms with E-state index in [0.717, 1.165) is 5.69 Å². The van der Waals surface area contributed by atoms with Crippen molar-refractivity contribution in [2.75, 3.05) is 0 Å². The van der Waals surface area contributed by atoms with E-state index in [0.29, 0.717) is 6.54 Å². The van der Waals surface area contributed by atoms with E-state index in [1.807, 2.05) is 30.7 Å². The summed E-state index contributed by atoms with van der Waals surface area (Å²) in [5.74, 6) is 0. The highest BCUT2D eigenvalue weighted by Crippen LogP contribution is 2.04. The Labute approximate surface area is 60.2 Å². The molecule has 0 saturated heterocycles. The Morgan fingerprint density at radius 1 is 1.60 bits per heavy atom. The van der Waals surface area contributed by atoms with Crippen molar-refractivity contribution in [2.24, 2.45) is 7.05 Å². The molecule has 0 aromatic carbocycles. The summed E-state index contributed by atoms with van der Waals surface area (Å²) in [4.78, 5) is 0. The van der Waals surface area contributed by atoms with Crippen molar-refractivity contribution in [1.29, 1.82) is 0 Å². The molecule has 0 amide bonds. The van der Waals surface area contributed by atoms with Crippen LogP contribution in [0.15, 0.2) is 12.1 Å². The molecule has 0 fully saturated rings. The summed E-state index contributed by atoms with van der Waals surface area (Å²) in [7, 11) is 1.97. The quantitative estimate of drug-likeness (QED) is 0.596. The number of hydrogen-bond donors (Lipinski definition) is 2. The summed E-state index contributed by atoms with van der Waals surface area (Å²) >= 11 is 0. The largest absolute Gasteiger partial charge is 0.351 e. The number of aromatic nitrogens is 1. The van der Waals surface area contributed by atoms with Crippen LogP contribution in [0.25, 0.3) is 0 Å². The highest BCUT2D eigenvalue weighted by Gasteiger charge is 1.97. The molecule has 0 unspecified atom stereocenters. The van der Waals surface area contributed by atoms with Gasteiger partial charge in [-0.25, -0.2) is 0 Å². The van der Waals surface area contributed by atoms with Gasteiger partial charge in [-0.3, -0.25) is 0 Å². The van der Waals surface area contributed by atoms with E-state index in [1.54, 1.807) is 0 Å². The van der Waals surface area contributed by atoms with Gasteiger partial charge in [0.05, 0.1) is 6.54 Å². The third kappa shape index (κ3) is 1.20. The van der Waals surface area contributed by atoms with Gasteiger partial charge in [-0.15, -0.1) is 0 Å². The minimum atomic E-state index is 0.504. The maximum atomic E-state index is 8.39. The Morgan fingerprint density at radius 2 is 2.30 bits per heavy atom. The second-order valence-electron chi connectivity index (χ2n) is 2.36. The molecule has 3 heteroatoms. The van der Waals surface area contributed by atoms with E-state index >= 15 is 0 Å². The van der Waals surface area contributed by atoms with Gasteiger partial charge in [0.2, 0.25) is 0 Å². The van der Waals surface area contributed by atoms with E-state index in [2.05, 4.69) is 5.48 Å². The van der Waals surface area contributed by atoms with Crippen LogP contribution in [-0.2, 0) is 13.6 Å². The Bertz CT molecular complexity index is 217. The van der Waals surface area contributed by atoms with Gasteiger partial charge in [-0.05, 0) is 19.1 Å². The van der Waals surface area contributed by atoms with E-state index < -0.39 is 0 Å². The first-order valence-electron chi connectivity index (χ1n) is 3.24. The number of hydrogen-bond acceptors (Lipinski definition) is 2. The van der Waals surface area contributed by atoms with Gasteiger partial charge >= 0.3 is 0 Å². The first kappa shape index (κ1) is 7.31. The van der Waals surface area contributed by atoms with Crippen LogP contribution in [0.2, 0.25) is 0 Å². The van der Waals surface area contributed by atoms with Gasteiger partial charge in [0.15, 0.2) is 0 Å². The van der Waals surface area contributed by atoms with Crippen molar-refractivity contribution < 1.29 is 5.21 Å². The zero-order valence-electron chi connectivity index (χ0n) is 6.26. The Balaban J connectivity index is 2.83. The predicted octanol–water partition coefficient (Wildman–Crippen LogP) is 0.812. The molecule has 1 aromatic rings. The predicted molar refractivity (Wildman–Crippen MR) is 38.8 cm³/mol. The lowest BCUT2D eigenvalue weighted by atomic mass is 10.4. The molecule has 0 radical (unpaired) electrons. The van der Waals surface area contributed by atoms with E-state index in [9.17, 15) is 0 Å². The lowest BCUT2D eigenvalue weighted by Crippen LogP contribution is -2.10. The van der Waals surface area contributed by atoms with Crippen molar-refractivity contribution in [3.8, 4) is 0 Å².